The molecule has 0 radical (unpaired) electrons. The van der Waals surface area contributed by atoms with Crippen LogP contribution in [0.3, 0.4) is 0 Å². The van der Waals surface area contributed by atoms with Crippen molar-refractivity contribution in [1.82, 2.24) is 24.2 Å². The van der Waals surface area contributed by atoms with Crippen LogP contribution in [0.15, 0.2) is 59.7 Å². The van der Waals surface area contributed by atoms with Gasteiger partial charge in [0.05, 0.1) is 5.69 Å². The summed E-state index contributed by atoms with van der Waals surface area (Å²) in [5.74, 6) is 0.914. The molecule has 1 saturated heterocycles. The molecule has 1 amide bonds. The maximum atomic E-state index is 12.8. The lowest BCUT2D eigenvalue weighted by Gasteiger charge is -2.32. The van der Waals surface area contributed by atoms with Gasteiger partial charge in [-0.3, -0.25) is 9.78 Å². The van der Waals surface area contributed by atoms with Crippen LogP contribution < -0.4 is 5.69 Å². The van der Waals surface area contributed by atoms with Gasteiger partial charge < -0.3 is 4.90 Å². The molecule has 2 aromatic heterocycles. The predicted molar refractivity (Wildman–Crippen MR) is 110 cm³/mol. The van der Waals surface area contributed by atoms with Gasteiger partial charge in [-0.1, -0.05) is 24.3 Å². The molecule has 150 valence electrons. The van der Waals surface area contributed by atoms with Gasteiger partial charge in [0, 0.05) is 44.9 Å². The molecule has 0 N–H and O–H groups in total. The first-order valence-corrected chi connectivity index (χ1v) is 10.0. The Morgan fingerprint density at radius 2 is 2.00 bits per heavy atom. The van der Waals surface area contributed by atoms with E-state index in [1.165, 1.54) is 4.68 Å². The van der Waals surface area contributed by atoms with E-state index >= 15 is 0 Å². The van der Waals surface area contributed by atoms with Crippen LogP contribution in [-0.2, 0) is 18.3 Å². The molecule has 1 fully saturated rings. The second-order valence-electron chi connectivity index (χ2n) is 7.48. The van der Waals surface area contributed by atoms with Crippen LogP contribution in [-0.4, -0.2) is 43.2 Å². The van der Waals surface area contributed by atoms with Gasteiger partial charge in [0.15, 0.2) is 0 Å². The number of likely N-dealkylation sites (tertiary alicyclic amines) is 1. The van der Waals surface area contributed by atoms with Crippen molar-refractivity contribution in [2.24, 2.45) is 7.05 Å². The number of aryl methyl sites for hydroxylation is 2. The highest BCUT2D eigenvalue weighted by molar-refractivity contribution is 5.76. The average molecular weight is 391 g/mol. The molecule has 3 aromatic rings. The summed E-state index contributed by atoms with van der Waals surface area (Å²) in [6.45, 7) is 1.35. The maximum absolute atomic E-state index is 12.8. The Bertz CT molecular complexity index is 1030. The number of para-hydroxylation sites is 1. The number of amides is 1. The Hall–Kier alpha value is -3.22. The fraction of sp³-hybridized carbons (Fsp3) is 0.364. The second kappa shape index (κ2) is 8.43. The third-order valence-corrected chi connectivity index (χ3v) is 5.45. The van der Waals surface area contributed by atoms with E-state index in [2.05, 4.69) is 10.1 Å². The van der Waals surface area contributed by atoms with Crippen molar-refractivity contribution in [1.29, 1.82) is 0 Å². The molecule has 0 bridgehead atoms. The van der Waals surface area contributed by atoms with Gasteiger partial charge in [-0.05, 0) is 43.0 Å². The van der Waals surface area contributed by atoms with Gasteiger partial charge in [-0.15, -0.1) is 0 Å². The van der Waals surface area contributed by atoms with E-state index in [1.807, 2.05) is 47.4 Å². The Labute approximate surface area is 169 Å². The molecule has 7 nitrogen and oxygen atoms in total. The summed E-state index contributed by atoms with van der Waals surface area (Å²) >= 11 is 0. The van der Waals surface area contributed by atoms with Crippen molar-refractivity contribution in [2.75, 3.05) is 13.1 Å². The summed E-state index contributed by atoms with van der Waals surface area (Å²) in [5, 5.41) is 4.52. The first kappa shape index (κ1) is 19.1. The van der Waals surface area contributed by atoms with E-state index in [0.717, 1.165) is 36.5 Å². The van der Waals surface area contributed by atoms with Crippen molar-refractivity contribution in [3.8, 4) is 5.69 Å². The number of carbonyl (C=O) groups excluding carboxylic acids is 1. The fourth-order valence-electron chi connectivity index (χ4n) is 3.94. The van der Waals surface area contributed by atoms with Gasteiger partial charge >= 0.3 is 5.69 Å². The summed E-state index contributed by atoms with van der Waals surface area (Å²) in [4.78, 5) is 31.5. The Balaban J connectivity index is 1.51. The zero-order valence-electron chi connectivity index (χ0n) is 16.6. The highest BCUT2D eigenvalue weighted by atomic mass is 16.2. The lowest BCUT2D eigenvalue weighted by atomic mass is 9.96. The molecule has 0 saturated carbocycles. The standard InChI is InChI=1S/C22H25N5O2/c1-25-22(29)27(19-9-3-2-4-10-19)21(24-25)18-8-6-14-26(16-18)20(28)12-11-17-7-5-13-23-15-17/h2-5,7,9-10,13,15,18H,6,8,11-12,14,16H2,1H3. The number of hydrogen-bond acceptors (Lipinski definition) is 4. The summed E-state index contributed by atoms with van der Waals surface area (Å²) in [7, 11) is 1.67. The van der Waals surface area contributed by atoms with Crippen molar-refractivity contribution in [3.63, 3.8) is 0 Å². The third kappa shape index (κ3) is 4.13. The molecule has 1 atom stereocenters. The first-order chi connectivity index (χ1) is 14.1. The Morgan fingerprint density at radius 1 is 1.17 bits per heavy atom. The monoisotopic (exact) mass is 391 g/mol. The Kier molecular flexibility index (Phi) is 5.55. The van der Waals surface area contributed by atoms with Crippen LogP contribution in [0.4, 0.5) is 0 Å². The van der Waals surface area contributed by atoms with E-state index in [-0.39, 0.29) is 17.5 Å². The molecular weight excluding hydrogens is 366 g/mol. The average Bonchev–Trinajstić information content (AvgIpc) is 3.08. The molecule has 0 spiro atoms. The number of benzene rings is 1. The highest BCUT2D eigenvalue weighted by Crippen LogP contribution is 2.27. The van der Waals surface area contributed by atoms with Crippen molar-refractivity contribution in [3.05, 3.63) is 76.7 Å². The number of piperidine rings is 1. The number of carbonyl (C=O) groups is 1. The topological polar surface area (TPSA) is 73.0 Å². The quantitative estimate of drug-likeness (QED) is 0.669. The minimum atomic E-state index is -0.161. The summed E-state index contributed by atoms with van der Waals surface area (Å²) in [6, 6.07) is 13.4. The van der Waals surface area contributed by atoms with E-state index in [9.17, 15) is 9.59 Å². The largest absolute Gasteiger partial charge is 0.350 e. The zero-order chi connectivity index (χ0) is 20.2. The van der Waals surface area contributed by atoms with E-state index in [0.29, 0.717) is 19.4 Å². The number of pyridine rings is 1. The fourth-order valence-corrected chi connectivity index (χ4v) is 3.94. The summed E-state index contributed by atoms with van der Waals surface area (Å²) in [5.41, 5.74) is 1.71. The molecule has 4 rings (SSSR count). The van der Waals surface area contributed by atoms with Gasteiger partial charge in [-0.2, -0.15) is 5.10 Å². The number of aromatic nitrogens is 4. The summed E-state index contributed by atoms with van der Waals surface area (Å²) < 4.78 is 3.06. The van der Waals surface area contributed by atoms with Crippen LogP contribution in [0.25, 0.3) is 5.69 Å². The predicted octanol–water partition coefficient (Wildman–Crippen LogP) is 2.30. The first-order valence-electron chi connectivity index (χ1n) is 10.0. The molecular formula is C22H25N5O2. The van der Waals surface area contributed by atoms with Crippen molar-refractivity contribution < 1.29 is 4.79 Å². The van der Waals surface area contributed by atoms with E-state index < -0.39 is 0 Å². The zero-order valence-corrected chi connectivity index (χ0v) is 16.6. The van der Waals surface area contributed by atoms with Crippen molar-refractivity contribution in [2.45, 2.75) is 31.6 Å². The van der Waals surface area contributed by atoms with Crippen LogP contribution in [0.2, 0.25) is 0 Å². The van der Waals surface area contributed by atoms with Gasteiger partial charge in [0.1, 0.15) is 5.82 Å². The van der Waals surface area contributed by atoms with Crippen LogP contribution >= 0.6 is 0 Å². The molecule has 1 aliphatic heterocycles. The smallest absolute Gasteiger partial charge is 0.342 e. The second-order valence-corrected chi connectivity index (χ2v) is 7.48. The van der Waals surface area contributed by atoms with Gasteiger partial charge in [-0.25, -0.2) is 14.0 Å². The van der Waals surface area contributed by atoms with Crippen LogP contribution in [0, 0.1) is 0 Å². The molecule has 7 heteroatoms. The maximum Gasteiger partial charge on any atom is 0.350 e. The SMILES string of the molecule is Cn1nc(C2CCCN(C(=O)CCc3cccnc3)C2)n(-c2ccccc2)c1=O. The molecule has 0 aliphatic carbocycles. The van der Waals surface area contributed by atoms with E-state index in [1.54, 1.807) is 24.0 Å². The van der Waals surface area contributed by atoms with Crippen LogP contribution in [0.1, 0.15) is 36.6 Å². The lowest BCUT2D eigenvalue weighted by molar-refractivity contribution is -0.132. The molecule has 1 aliphatic rings. The van der Waals surface area contributed by atoms with E-state index in [4.69, 9.17) is 0 Å². The number of rotatable bonds is 5. The highest BCUT2D eigenvalue weighted by Gasteiger charge is 2.29. The normalized spacial score (nSPS) is 16.7. The number of hydrogen-bond donors (Lipinski definition) is 0. The molecule has 29 heavy (non-hydrogen) atoms. The summed E-state index contributed by atoms with van der Waals surface area (Å²) in [6.07, 6.45) is 6.51. The Morgan fingerprint density at radius 3 is 2.76 bits per heavy atom. The molecule has 1 aromatic carbocycles. The van der Waals surface area contributed by atoms with Crippen LogP contribution in [0.5, 0.6) is 0 Å². The minimum Gasteiger partial charge on any atom is -0.342 e. The van der Waals surface area contributed by atoms with Crippen molar-refractivity contribution >= 4 is 5.91 Å². The lowest BCUT2D eigenvalue weighted by Crippen LogP contribution is -2.40. The molecule has 1 unspecified atom stereocenters. The minimum absolute atomic E-state index is 0.0419. The third-order valence-electron chi connectivity index (χ3n) is 5.45. The molecule has 3 heterocycles. The van der Waals surface area contributed by atoms with Gasteiger partial charge in [0.2, 0.25) is 5.91 Å². The number of nitrogens with zero attached hydrogens (tertiary/aromatic N) is 5. The van der Waals surface area contributed by atoms with Gasteiger partial charge in [0.25, 0.3) is 0 Å².